The van der Waals surface area contributed by atoms with E-state index in [2.05, 4.69) is 20.8 Å². The molecular weight excluding hydrogens is 723 g/mol. The Hall–Kier alpha value is -4.68. The number of carbonyl (C=O) groups is 4. The van der Waals surface area contributed by atoms with E-state index in [0.29, 0.717) is 54.2 Å². The van der Waals surface area contributed by atoms with Crippen LogP contribution in [-0.4, -0.2) is 78.8 Å². The van der Waals surface area contributed by atoms with E-state index in [9.17, 15) is 19.2 Å². The summed E-state index contributed by atoms with van der Waals surface area (Å²) in [6.07, 6.45) is 11.9. The second-order valence-corrected chi connectivity index (χ2v) is 18.5. The van der Waals surface area contributed by atoms with Crippen LogP contribution in [0, 0.1) is 37.5 Å². The van der Waals surface area contributed by atoms with E-state index in [1.807, 2.05) is 79.7 Å². The summed E-state index contributed by atoms with van der Waals surface area (Å²) in [5.41, 5.74) is 2.85. The predicted octanol–water partition coefficient (Wildman–Crippen LogP) is 8.53. The van der Waals surface area contributed by atoms with Gasteiger partial charge in [-0.3, -0.25) is 14.3 Å². The van der Waals surface area contributed by atoms with Gasteiger partial charge >= 0.3 is 12.2 Å². The Balaban J connectivity index is 1.21. The van der Waals surface area contributed by atoms with Crippen LogP contribution in [0.25, 0.3) is 11.1 Å². The first kappa shape index (κ1) is 41.9. The minimum absolute atomic E-state index is 0.00297. The molecule has 1 aromatic carbocycles. The first-order valence-electron chi connectivity index (χ1n) is 21.0. The number of nitrogens with zero attached hydrogens (tertiary/aromatic N) is 5. The Labute approximate surface area is 337 Å². The smallest absolute Gasteiger partial charge is 0.435 e. The Bertz CT molecular complexity index is 1870. The standard InChI is InChI=1S/C44H63N7O6/c1-28-36(29(2)51(48-28)42(55)57-44(6,7)8)33-19-21-34(22-20-33)46-40(53)38(37(31-15-11-9-12-16-31)32-17-13-10-14-18-32)47-39(52)35-23-24-45-50(35)27-30-25-49(26-30)41(54)56-43(3,4)5/h19-24,30-32,37-38H,9-18,25-27H2,1-8H3,(H,46,53)(H,47,52). The average Bonchev–Trinajstić information content (AvgIpc) is 3.72. The number of nitrogens with one attached hydrogen (secondary N) is 2. The van der Waals surface area contributed by atoms with Crippen LogP contribution < -0.4 is 10.6 Å². The third kappa shape index (κ3) is 10.4. The van der Waals surface area contributed by atoms with E-state index in [4.69, 9.17) is 9.47 Å². The number of anilines is 1. The van der Waals surface area contributed by atoms with Crippen LogP contribution in [0.4, 0.5) is 15.3 Å². The van der Waals surface area contributed by atoms with Gasteiger partial charge in [0, 0.05) is 43.0 Å². The van der Waals surface area contributed by atoms with Gasteiger partial charge in [0.2, 0.25) is 5.91 Å². The van der Waals surface area contributed by atoms with Crippen LogP contribution in [0.2, 0.25) is 0 Å². The molecule has 2 aromatic heterocycles. The number of rotatable bonds is 10. The maximum atomic E-state index is 14.7. The van der Waals surface area contributed by atoms with Gasteiger partial charge in [0.25, 0.3) is 5.91 Å². The van der Waals surface area contributed by atoms with Gasteiger partial charge in [-0.1, -0.05) is 76.3 Å². The van der Waals surface area contributed by atoms with Crippen LogP contribution in [0.5, 0.6) is 0 Å². The summed E-state index contributed by atoms with van der Waals surface area (Å²) < 4.78 is 14.1. The Morgan fingerprint density at radius 1 is 0.789 bits per heavy atom. The van der Waals surface area contributed by atoms with Crippen molar-refractivity contribution in [2.24, 2.45) is 23.7 Å². The van der Waals surface area contributed by atoms with Crippen molar-refractivity contribution in [1.82, 2.24) is 29.8 Å². The maximum absolute atomic E-state index is 14.7. The maximum Gasteiger partial charge on any atom is 0.435 e. The lowest BCUT2D eigenvalue weighted by atomic mass is 9.66. The molecule has 3 heterocycles. The van der Waals surface area contributed by atoms with E-state index < -0.39 is 23.3 Å². The second-order valence-electron chi connectivity index (χ2n) is 18.5. The molecular formula is C44H63N7O6. The SMILES string of the molecule is Cc1nn(C(=O)OC(C)(C)C)c(C)c1-c1ccc(NC(=O)C(NC(=O)c2ccnn2CC2CN(C(=O)OC(C)(C)C)C2)C(C2CCCCC2)C2CCCCC2)cc1. The van der Waals surface area contributed by atoms with Crippen molar-refractivity contribution >= 4 is 29.7 Å². The summed E-state index contributed by atoms with van der Waals surface area (Å²) in [5.74, 6) is 0.264. The molecule has 2 N–H and O–H groups in total. The van der Waals surface area contributed by atoms with Gasteiger partial charge in [-0.05, 0) is 96.9 Å². The number of aromatic nitrogens is 4. The molecule has 1 aliphatic heterocycles. The van der Waals surface area contributed by atoms with Crippen molar-refractivity contribution in [2.75, 3.05) is 18.4 Å². The summed E-state index contributed by atoms with van der Waals surface area (Å²) in [4.78, 5) is 56.0. The molecule has 2 aliphatic carbocycles. The minimum Gasteiger partial charge on any atom is -0.444 e. The quantitative estimate of drug-likeness (QED) is 0.208. The highest BCUT2D eigenvalue weighted by Gasteiger charge is 2.42. The average molecular weight is 786 g/mol. The summed E-state index contributed by atoms with van der Waals surface area (Å²) in [7, 11) is 0. The Kier molecular flexibility index (Phi) is 12.8. The fraction of sp³-hybridized carbons (Fsp3) is 0.636. The van der Waals surface area contributed by atoms with Gasteiger partial charge in [-0.15, -0.1) is 0 Å². The molecule has 57 heavy (non-hydrogen) atoms. The Morgan fingerprint density at radius 3 is 1.91 bits per heavy atom. The summed E-state index contributed by atoms with van der Waals surface area (Å²) in [6, 6.07) is 8.53. The lowest BCUT2D eigenvalue weighted by Gasteiger charge is -2.42. The van der Waals surface area contributed by atoms with Crippen LogP contribution >= 0.6 is 0 Å². The Morgan fingerprint density at radius 2 is 1.35 bits per heavy atom. The molecule has 1 atom stereocenters. The predicted molar refractivity (Wildman–Crippen MR) is 219 cm³/mol. The highest BCUT2D eigenvalue weighted by molar-refractivity contribution is 6.01. The van der Waals surface area contributed by atoms with Gasteiger partial charge in [-0.2, -0.15) is 14.9 Å². The molecule has 1 saturated heterocycles. The number of carbonyl (C=O) groups excluding carboxylic acids is 4. The van der Waals surface area contributed by atoms with E-state index in [0.717, 1.165) is 62.5 Å². The normalized spacial score (nSPS) is 17.9. The second kappa shape index (κ2) is 17.4. The molecule has 310 valence electrons. The summed E-state index contributed by atoms with van der Waals surface area (Å²) >= 11 is 0. The third-order valence-electron chi connectivity index (χ3n) is 11.6. The highest BCUT2D eigenvalue weighted by Crippen LogP contribution is 2.42. The van der Waals surface area contributed by atoms with Gasteiger partial charge < -0.3 is 25.0 Å². The van der Waals surface area contributed by atoms with Crippen molar-refractivity contribution in [3.63, 3.8) is 0 Å². The van der Waals surface area contributed by atoms with E-state index in [1.165, 1.54) is 17.5 Å². The minimum atomic E-state index is -0.741. The van der Waals surface area contributed by atoms with Crippen LogP contribution in [0.3, 0.4) is 0 Å². The van der Waals surface area contributed by atoms with Gasteiger partial charge in [-0.25, -0.2) is 9.59 Å². The number of likely N-dealkylation sites (tertiary alicyclic amines) is 1. The fourth-order valence-corrected chi connectivity index (χ4v) is 9.08. The molecule has 1 unspecified atom stereocenters. The monoisotopic (exact) mass is 785 g/mol. The largest absolute Gasteiger partial charge is 0.444 e. The number of aryl methyl sites for hydroxylation is 1. The number of ether oxygens (including phenoxy) is 2. The van der Waals surface area contributed by atoms with Gasteiger partial charge in [0.15, 0.2) is 0 Å². The number of benzene rings is 1. The van der Waals surface area contributed by atoms with E-state index in [1.54, 1.807) is 21.8 Å². The summed E-state index contributed by atoms with van der Waals surface area (Å²) in [5, 5.41) is 15.4. The van der Waals surface area contributed by atoms with Crippen molar-refractivity contribution in [1.29, 1.82) is 0 Å². The molecule has 3 aliphatic rings. The highest BCUT2D eigenvalue weighted by atomic mass is 16.6. The molecule has 0 spiro atoms. The number of hydrogen-bond acceptors (Lipinski definition) is 8. The fourth-order valence-electron chi connectivity index (χ4n) is 9.08. The van der Waals surface area contributed by atoms with Crippen molar-refractivity contribution in [3.8, 4) is 11.1 Å². The molecule has 3 aromatic rings. The van der Waals surface area contributed by atoms with Gasteiger partial charge in [0.05, 0.1) is 11.4 Å². The lowest BCUT2D eigenvalue weighted by molar-refractivity contribution is -0.121. The molecule has 6 rings (SSSR count). The van der Waals surface area contributed by atoms with Crippen molar-refractivity contribution < 1.29 is 28.7 Å². The lowest BCUT2D eigenvalue weighted by Crippen LogP contribution is -2.54. The van der Waals surface area contributed by atoms with Crippen molar-refractivity contribution in [3.05, 3.63) is 53.6 Å². The molecule has 2 saturated carbocycles. The van der Waals surface area contributed by atoms with Gasteiger partial charge in [0.1, 0.15) is 22.9 Å². The van der Waals surface area contributed by atoms with Crippen LogP contribution in [0.15, 0.2) is 36.5 Å². The molecule has 0 radical (unpaired) electrons. The summed E-state index contributed by atoms with van der Waals surface area (Å²) in [6.45, 7) is 16.2. The third-order valence-corrected chi connectivity index (χ3v) is 11.6. The first-order valence-corrected chi connectivity index (χ1v) is 21.0. The van der Waals surface area contributed by atoms with E-state index >= 15 is 0 Å². The molecule has 13 heteroatoms. The first-order chi connectivity index (χ1) is 27.0. The molecule has 13 nitrogen and oxygen atoms in total. The number of amides is 3. The zero-order valence-corrected chi connectivity index (χ0v) is 35.2. The van der Waals surface area contributed by atoms with Crippen molar-refractivity contribution in [2.45, 2.75) is 143 Å². The topological polar surface area (TPSA) is 150 Å². The molecule has 3 amide bonds. The van der Waals surface area contributed by atoms with Crippen LogP contribution in [-0.2, 0) is 20.8 Å². The zero-order valence-electron chi connectivity index (χ0n) is 35.2. The van der Waals surface area contributed by atoms with E-state index in [-0.39, 0.29) is 29.7 Å². The number of hydrogen-bond donors (Lipinski definition) is 2. The zero-order chi connectivity index (χ0) is 41.1. The van der Waals surface area contributed by atoms with Crippen LogP contribution in [0.1, 0.15) is 128 Å². The molecule has 3 fully saturated rings. The molecule has 0 bridgehead atoms.